The molecule has 3 heteroatoms. The third kappa shape index (κ3) is 6.40. The Balaban J connectivity index is 0.00000162. The molecule has 0 aromatic heterocycles. The molecule has 0 amide bonds. The predicted molar refractivity (Wildman–Crippen MR) is 81.5 cm³/mol. The quantitative estimate of drug-likeness (QED) is 0.828. The highest BCUT2D eigenvalue weighted by atomic mass is 35.5. The second-order valence-electron chi connectivity index (χ2n) is 7.28. The van der Waals surface area contributed by atoms with Gasteiger partial charge in [0, 0.05) is 6.04 Å². The van der Waals surface area contributed by atoms with Crippen LogP contribution in [0.5, 0.6) is 0 Å². The number of hydrogen-bond donors (Lipinski definition) is 1. The second-order valence-corrected chi connectivity index (χ2v) is 7.28. The maximum Gasteiger partial charge on any atom is 0.00915 e. The van der Waals surface area contributed by atoms with Crippen LogP contribution >= 0.6 is 12.4 Å². The number of likely N-dealkylation sites (tertiary alicyclic amines) is 1. The van der Waals surface area contributed by atoms with E-state index in [4.69, 9.17) is 0 Å². The van der Waals surface area contributed by atoms with Crippen LogP contribution in [0.4, 0.5) is 0 Å². The monoisotopic (exact) mass is 274 g/mol. The zero-order valence-corrected chi connectivity index (χ0v) is 13.2. The summed E-state index contributed by atoms with van der Waals surface area (Å²) in [6.45, 7) is 12.2. The van der Waals surface area contributed by atoms with Crippen LogP contribution in [-0.2, 0) is 0 Å². The molecule has 1 aliphatic heterocycles. The summed E-state index contributed by atoms with van der Waals surface area (Å²) < 4.78 is 0. The molecular weight excluding hydrogens is 244 g/mol. The van der Waals surface area contributed by atoms with Gasteiger partial charge >= 0.3 is 0 Å². The zero-order chi connectivity index (χ0) is 12.3. The summed E-state index contributed by atoms with van der Waals surface area (Å²) in [7, 11) is 0. The summed E-state index contributed by atoms with van der Waals surface area (Å²) in [6.07, 6.45) is 6.98. The maximum absolute atomic E-state index is 3.75. The lowest BCUT2D eigenvalue weighted by Gasteiger charge is -2.34. The largest absolute Gasteiger partial charge is 0.314 e. The van der Waals surface area contributed by atoms with Crippen LogP contribution in [-0.4, -0.2) is 37.1 Å². The van der Waals surface area contributed by atoms with Gasteiger partial charge < -0.3 is 10.2 Å². The molecule has 108 valence electrons. The van der Waals surface area contributed by atoms with E-state index in [1.165, 1.54) is 58.3 Å². The molecule has 0 spiro atoms. The van der Waals surface area contributed by atoms with Gasteiger partial charge in [0.2, 0.25) is 0 Å². The Bertz CT molecular complexity index is 225. The minimum atomic E-state index is 0. The molecule has 0 aromatic rings. The summed E-state index contributed by atoms with van der Waals surface area (Å²) in [5.74, 6) is 1.02. The molecule has 1 saturated heterocycles. The third-order valence-electron chi connectivity index (χ3n) is 4.16. The van der Waals surface area contributed by atoms with E-state index in [0.29, 0.717) is 5.41 Å². The average molecular weight is 275 g/mol. The van der Waals surface area contributed by atoms with Crippen molar-refractivity contribution in [1.82, 2.24) is 10.2 Å². The fraction of sp³-hybridized carbons (Fsp3) is 1.00. The van der Waals surface area contributed by atoms with Crippen LogP contribution in [0.2, 0.25) is 0 Å². The Kier molecular flexibility index (Phi) is 6.43. The molecule has 2 nitrogen and oxygen atoms in total. The van der Waals surface area contributed by atoms with E-state index >= 15 is 0 Å². The lowest BCUT2D eigenvalue weighted by atomic mass is 9.91. The molecule has 0 aromatic carbocycles. The van der Waals surface area contributed by atoms with Gasteiger partial charge in [0.25, 0.3) is 0 Å². The number of hydrogen-bond acceptors (Lipinski definition) is 2. The van der Waals surface area contributed by atoms with Gasteiger partial charge in [-0.05, 0) is 69.6 Å². The molecule has 2 aliphatic rings. The Morgan fingerprint density at radius 1 is 1.06 bits per heavy atom. The lowest BCUT2D eigenvalue weighted by Crippen LogP contribution is -2.43. The Morgan fingerprint density at radius 2 is 1.67 bits per heavy atom. The molecule has 0 bridgehead atoms. The summed E-state index contributed by atoms with van der Waals surface area (Å²) in [6, 6.07) is 0.807. The second kappa shape index (κ2) is 7.12. The molecule has 0 unspecified atom stereocenters. The number of nitrogens with zero attached hydrogens (tertiary/aromatic N) is 1. The topological polar surface area (TPSA) is 15.3 Å². The predicted octanol–water partition coefficient (Wildman–Crippen LogP) is 3.31. The number of halogens is 1. The molecule has 1 aliphatic carbocycles. The van der Waals surface area contributed by atoms with E-state index < -0.39 is 0 Å². The fourth-order valence-corrected chi connectivity index (χ4v) is 2.51. The smallest absolute Gasteiger partial charge is 0.00915 e. The van der Waals surface area contributed by atoms with E-state index in [0.717, 1.165) is 12.0 Å². The number of rotatable bonds is 5. The third-order valence-corrected chi connectivity index (χ3v) is 4.16. The van der Waals surface area contributed by atoms with Gasteiger partial charge in [-0.3, -0.25) is 0 Å². The van der Waals surface area contributed by atoms with Gasteiger partial charge in [-0.1, -0.05) is 20.8 Å². The molecular formula is C15H31ClN2. The molecule has 1 saturated carbocycles. The van der Waals surface area contributed by atoms with Crippen LogP contribution < -0.4 is 5.32 Å². The van der Waals surface area contributed by atoms with Crippen LogP contribution in [0.3, 0.4) is 0 Å². The first-order chi connectivity index (χ1) is 8.03. The van der Waals surface area contributed by atoms with E-state index in [2.05, 4.69) is 31.0 Å². The van der Waals surface area contributed by atoms with Crippen molar-refractivity contribution in [2.45, 2.75) is 58.9 Å². The highest BCUT2D eigenvalue weighted by Crippen LogP contribution is 2.28. The van der Waals surface area contributed by atoms with Gasteiger partial charge in [-0.25, -0.2) is 0 Å². The van der Waals surface area contributed by atoms with Crippen LogP contribution in [0.15, 0.2) is 0 Å². The Morgan fingerprint density at radius 3 is 2.17 bits per heavy atom. The molecule has 2 fully saturated rings. The molecule has 0 radical (unpaired) electrons. The van der Waals surface area contributed by atoms with Crippen molar-refractivity contribution >= 4 is 12.4 Å². The molecule has 0 atom stereocenters. The van der Waals surface area contributed by atoms with Crippen molar-refractivity contribution in [3.63, 3.8) is 0 Å². The summed E-state index contributed by atoms with van der Waals surface area (Å²) in [5.41, 5.74) is 0.487. The van der Waals surface area contributed by atoms with Gasteiger partial charge in [0.1, 0.15) is 0 Å². The number of piperidine rings is 1. The highest BCUT2D eigenvalue weighted by molar-refractivity contribution is 5.85. The SMILES string of the molecule is CC(C)(C)CCN1CCC(NCC2CC2)CC1.Cl. The Labute approximate surface area is 119 Å². The van der Waals surface area contributed by atoms with Crippen molar-refractivity contribution in [3.05, 3.63) is 0 Å². The van der Waals surface area contributed by atoms with Crippen molar-refractivity contribution in [3.8, 4) is 0 Å². The first kappa shape index (κ1) is 16.3. The van der Waals surface area contributed by atoms with Gasteiger partial charge in [0.15, 0.2) is 0 Å². The van der Waals surface area contributed by atoms with Crippen LogP contribution in [0.1, 0.15) is 52.9 Å². The minimum absolute atomic E-state index is 0. The van der Waals surface area contributed by atoms with Crippen molar-refractivity contribution in [2.75, 3.05) is 26.2 Å². The highest BCUT2D eigenvalue weighted by Gasteiger charge is 2.24. The molecule has 1 heterocycles. The van der Waals surface area contributed by atoms with E-state index in [1.807, 2.05) is 0 Å². The minimum Gasteiger partial charge on any atom is -0.314 e. The molecule has 18 heavy (non-hydrogen) atoms. The van der Waals surface area contributed by atoms with Crippen molar-refractivity contribution < 1.29 is 0 Å². The van der Waals surface area contributed by atoms with Gasteiger partial charge in [0.05, 0.1) is 0 Å². The van der Waals surface area contributed by atoms with E-state index in [1.54, 1.807) is 0 Å². The standard InChI is InChI=1S/C15H30N2.ClH/c1-15(2,3)8-11-17-9-6-14(7-10-17)16-12-13-4-5-13;/h13-14,16H,4-12H2,1-3H3;1H. The lowest BCUT2D eigenvalue weighted by molar-refractivity contribution is 0.174. The summed E-state index contributed by atoms with van der Waals surface area (Å²) >= 11 is 0. The fourth-order valence-electron chi connectivity index (χ4n) is 2.51. The summed E-state index contributed by atoms with van der Waals surface area (Å²) in [5, 5.41) is 3.75. The van der Waals surface area contributed by atoms with Crippen molar-refractivity contribution in [2.24, 2.45) is 11.3 Å². The molecule has 1 N–H and O–H groups in total. The first-order valence-electron chi connectivity index (χ1n) is 7.49. The van der Waals surface area contributed by atoms with E-state index in [-0.39, 0.29) is 12.4 Å². The summed E-state index contributed by atoms with van der Waals surface area (Å²) in [4.78, 5) is 2.65. The maximum atomic E-state index is 3.75. The zero-order valence-electron chi connectivity index (χ0n) is 12.4. The Hall–Kier alpha value is 0.210. The van der Waals surface area contributed by atoms with Crippen LogP contribution in [0.25, 0.3) is 0 Å². The van der Waals surface area contributed by atoms with Gasteiger partial charge in [-0.15, -0.1) is 12.4 Å². The van der Waals surface area contributed by atoms with Gasteiger partial charge in [-0.2, -0.15) is 0 Å². The van der Waals surface area contributed by atoms with Crippen LogP contribution in [0, 0.1) is 11.3 Å². The average Bonchev–Trinajstić information content (AvgIpc) is 3.08. The van der Waals surface area contributed by atoms with Crippen molar-refractivity contribution in [1.29, 1.82) is 0 Å². The molecule has 2 rings (SSSR count). The first-order valence-corrected chi connectivity index (χ1v) is 7.49. The normalized spacial score (nSPS) is 22.8. The van der Waals surface area contributed by atoms with E-state index in [9.17, 15) is 0 Å². The number of nitrogens with one attached hydrogen (secondary N) is 1.